The fourth-order valence-corrected chi connectivity index (χ4v) is 3.07. The van der Waals surface area contributed by atoms with Crippen LogP contribution in [-0.2, 0) is 17.5 Å². The van der Waals surface area contributed by atoms with E-state index < -0.39 is 24.0 Å². The summed E-state index contributed by atoms with van der Waals surface area (Å²) in [5, 5.41) is 5.30. The summed E-state index contributed by atoms with van der Waals surface area (Å²) in [5.74, 6) is -1.71. The Bertz CT molecular complexity index is 1120. The quantitative estimate of drug-likeness (QED) is 0.430. The number of aryl methyl sites for hydroxylation is 1. The molecule has 2 heterocycles. The minimum atomic E-state index is -4.64. The molecule has 1 aromatic carbocycles. The summed E-state index contributed by atoms with van der Waals surface area (Å²) in [6.07, 6.45) is -3.07. The van der Waals surface area contributed by atoms with Gasteiger partial charge in [-0.2, -0.15) is 13.2 Å². The number of ether oxygens (including phenoxy) is 1. The number of nitrogens with zero attached hydrogens (tertiary/aromatic N) is 3. The Morgan fingerprint density at radius 3 is 2.74 bits per heavy atom. The Hall–Kier alpha value is -3.34. The molecule has 0 atom stereocenters. The highest BCUT2D eigenvalue weighted by molar-refractivity contribution is 6.31. The third-order valence-corrected chi connectivity index (χ3v) is 4.47. The van der Waals surface area contributed by atoms with Crippen LogP contribution in [0.2, 0.25) is 5.02 Å². The van der Waals surface area contributed by atoms with E-state index in [1.807, 2.05) is 0 Å². The maximum absolute atomic E-state index is 13.3. The molecule has 8 nitrogen and oxygen atoms in total. The molecule has 0 saturated carbocycles. The fraction of sp³-hybridized carbons (Fsp3) is 0.263. The van der Waals surface area contributed by atoms with Gasteiger partial charge in [-0.25, -0.2) is 19.6 Å². The van der Waals surface area contributed by atoms with Crippen molar-refractivity contribution in [2.75, 3.05) is 19.0 Å². The predicted molar refractivity (Wildman–Crippen MR) is 107 cm³/mol. The second kappa shape index (κ2) is 9.21. The topological polar surface area (TPSA) is 98.1 Å². The number of esters is 1. The Labute approximate surface area is 179 Å². The first-order chi connectivity index (χ1) is 14.7. The van der Waals surface area contributed by atoms with E-state index in [0.717, 1.165) is 4.57 Å². The van der Waals surface area contributed by atoms with E-state index in [4.69, 9.17) is 11.6 Å². The van der Waals surface area contributed by atoms with Crippen molar-refractivity contribution in [3.8, 4) is 0 Å². The maximum Gasteiger partial charge on any atom is 0.449 e. The van der Waals surface area contributed by atoms with Gasteiger partial charge in [0.15, 0.2) is 5.65 Å². The summed E-state index contributed by atoms with van der Waals surface area (Å²) in [6, 6.07) is 6.55. The number of anilines is 1. The number of urea groups is 1. The van der Waals surface area contributed by atoms with Gasteiger partial charge in [0.2, 0.25) is 5.82 Å². The van der Waals surface area contributed by atoms with Crippen LogP contribution in [0.25, 0.3) is 11.2 Å². The molecule has 3 rings (SSSR count). The molecule has 0 radical (unpaired) electrons. The number of fused-ring (bicyclic) bond motifs is 1. The number of aromatic nitrogens is 3. The smallest absolute Gasteiger partial charge is 0.449 e. The summed E-state index contributed by atoms with van der Waals surface area (Å²) in [6.45, 7) is -0.00300. The van der Waals surface area contributed by atoms with Gasteiger partial charge in [0.25, 0.3) is 0 Å². The fourth-order valence-electron chi connectivity index (χ4n) is 2.90. The van der Waals surface area contributed by atoms with E-state index in [2.05, 4.69) is 25.3 Å². The van der Waals surface area contributed by atoms with Crippen LogP contribution in [0.5, 0.6) is 0 Å². The Morgan fingerprint density at radius 1 is 1.26 bits per heavy atom. The van der Waals surface area contributed by atoms with E-state index in [1.165, 1.54) is 43.6 Å². The standard InChI is InChI=1S/C19H17ClF3N5O3/c1-31-16(29)12-6-5-11(20)10-14(12)27-18(30)25-8-3-9-28-15-13(4-2-7-24-15)26-17(28)19(21,22)23/h2,4-7,10H,3,8-9H2,1H3,(H2,25,27,30). The number of imidazole rings is 1. The van der Waals surface area contributed by atoms with Crippen LogP contribution < -0.4 is 10.6 Å². The zero-order valence-electron chi connectivity index (χ0n) is 16.2. The second-order valence-corrected chi connectivity index (χ2v) is 6.78. The molecule has 2 aromatic heterocycles. The van der Waals surface area contributed by atoms with E-state index in [-0.39, 0.29) is 41.9 Å². The van der Waals surface area contributed by atoms with Crippen molar-refractivity contribution in [2.24, 2.45) is 0 Å². The Kier molecular flexibility index (Phi) is 6.64. The van der Waals surface area contributed by atoms with Crippen LogP contribution in [-0.4, -0.2) is 40.2 Å². The molecule has 0 aliphatic heterocycles. The van der Waals surface area contributed by atoms with Crippen LogP contribution >= 0.6 is 11.6 Å². The van der Waals surface area contributed by atoms with E-state index in [1.54, 1.807) is 0 Å². The lowest BCUT2D eigenvalue weighted by molar-refractivity contribution is -0.147. The molecule has 2 N–H and O–H groups in total. The number of rotatable bonds is 6. The summed E-state index contributed by atoms with van der Waals surface area (Å²) in [5.41, 5.74) is 0.492. The van der Waals surface area contributed by atoms with Crippen molar-refractivity contribution in [3.63, 3.8) is 0 Å². The number of benzene rings is 1. The number of nitrogens with one attached hydrogen (secondary N) is 2. The third kappa shape index (κ3) is 5.23. The third-order valence-electron chi connectivity index (χ3n) is 4.24. The van der Waals surface area contributed by atoms with Gasteiger partial charge in [0, 0.05) is 24.3 Å². The van der Waals surface area contributed by atoms with Crippen LogP contribution in [0.1, 0.15) is 22.6 Å². The normalized spacial score (nSPS) is 11.4. The number of alkyl halides is 3. The molecule has 0 aliphatic rings. The minimum Gasteiger partial charge on any atom is -0.465 e. The number of hydrogen-bond acceptors (Lipinski definition) is 5. The predicted octanol–water partition coefficient (Wildman–Crippen LogP) is 4.10. The molecular weight excluding hydrogens is 439 g/mol. The maximum atomic E-state index is 13.3. The number of halogens is 4. The molecule has 0 unspecified atom stereocenters. The average molecular weight is 456 g/mol. The van der Waals surface area contributed by atoms with Gasteiger partial charge >= 0.3 is 18.2 Å². The number of carbonyl (C=O) groups excluding carboxylic acids is 2. The first kappa shape index (κ1) is 22.3. The van der Waals surface area contributed by atoms with Crippen molar-refractivity contribution in [2.45, 2.75) is 19.1 Å². The van der Waals surface area contributed by atoms with Crippen LogP contribution in [0.3, 0.4) is 0 Å². The molecule has 0 bridgehead atoms. The molecule has 2 amide bonds. The molecule has 3 aromatic rings. The largest absolute Gasteiger partial charge is 0.465 e. The summed E-state index contributed by atoms with van der Waals surface area (Å²) in [4.78, 5) is 31.5. The van der Waals surface area contributed by atoms with E-state index >= 15 is 0 Å². The van der Waals surface area contributed by atoms with Crippen LogP contribution in [0, 0.1) is 0 Å². The zero-order valence-corrected chi connectivity index (χ0v) is 16.9. The first-order valence-electron chi connectivity index (χ1n) is 9.02. The second-order valence-electron chi connectivity index (χ2n) is 6.35. The molecule has 12 heteroatoms. The van der Waals surface area contributed by atoms with E-state index in [9.17, 15) is 22.8 Å². The average Bonchev–Trinajstić information content (AvgIpc) is 3.10. The SMILES string of the molecule is COC(=O)c1ccc(Cl)cc1NC(=O)NCCCn1c(C(F)(F)F)nc2cccnc21. The molecule has 0 aliphatic carbocycles. The number of amides is 2. The van der Waals surface area contributed by atoms with Gasteiger partial charge in [-0.3, -0.25) is 0 Å². The number of carbonyl (C=O) groups is 2. The summed E-state index contributed by atoms with van der Waals surface area (Å²) in [7, 11) is 1.20. The van der Waals surface area contributed by atoms with Crippen molar-refractivity contribution >= 4 is 40.5 Å². The number of methoxy groups -OCH3 is 1. The Balaban J connectivity index is 1.63. The minimum absolute atomic E-state index is 0.0593. The van der Waals surface area contributed by atoms with Gasteiger partial charge in [-0.15, -0.1) is 0 Å². The highest BCUT2D eigenvalue weighted by atomic mass is 35.5. The van der Waals surface area contributed by atoms with Crippen molar-refractivity contribution in [1.82, 2.24) is 19.9 Å². The highest BCUT2D eigenvalue weighted by Gasteiger charge is 2.37. The monoisotopic (exact) mass is 455 g/mol. The summed E-state index contributed by atoms with van der Waals surface area (Å²) < 4.78 is 45.5. The Morgan fingerprint density at radius 2 is 2.03 bits per heavy atom. The van der Waals surface area contributed by atoms with Gasteiger partial charge in [-0.1, -0.05) is 11.6 Å². The molecule has 0 fully saturated rings. The first-order valence-corrected chi connectivity index (χ1v) is 9.39. The lowest BCUT2D eigenvalue weighted by Gasteiger charge is -2.13. The van der Waals surface area contributed by atoms with Gasteiger partial charge in [0.05, 0.1) is 18.4 Å². The molecule has 0 saturated heterocycles. The molecular formula is C19H17ClF3N5O3. The number of hydrogen-bond donors (Lipinski definition) is 2. The lowest BCUT2D eigenvalue weighted by Crippen LogP contribution is -2.31. The van der Waals surface area contributed by atoms with Crippen LogP contribution in [0.4, 0.5) is 23.7 Å². The molecule has 164 valence electrons. The van der Waals surface area contributed by atoms with Gasteiger partial charge < -0.3 is 19.9 Å². The highest BCUT2D eigenvalue weighted by Crippen LogP contribution is 2.31. The lowest BCUT2D eigenvalue weighted by atomic mass is 10.2. The van der Waals surface area contributed by atoms with Gasteiger partial charge in [0.1, 0.15) is 5.52 Å². The summed E-state index contributed by atoms with van der Waals surface area (Å²) >= 11 is 5.90. The molecule has 31 heavy (non-hydrogen) atoms. The van der Waals surface area contributed by atoms with Crippen molar-refractivity contribution < 1.29 is 27.5 Å². The van der Waals surface area contributed by atoms with E-state index in [0.29, 0.717) is 5.02 Å². The van der Waals surface area contributed by atoms with Gasteiger partial charge in [-0.05, 0) is 36.8 Å². The van der Waals surface area contributed by atoms with Crippen molar-refractivity contribution in [1.29, 1.82) is 0 Å². The zero-order chi connectivity index (χ0) is 22.6. The van der Waals surface area contributed by atoms with Crippen molar-refractivity contribution in [3.05, 3.63) is 52.9 Å². The number of pyridine rings is 1. The van der Waals surface area contributed by atoms with Crippen LogP contribution in [0.15, 0.2) is 36.5 Å². The molecule has 0 spiro atoms.